The van der Waals surface area contributed by atoms with E-state index in [1.54, 1.807) is 12.4 Å². The highest BCUT2D eigenvalue weighted by Crippen LogP contribution is 2.33. The largest absolute Gasteiger partial charge is 0.486 e. The van der Waals surface area contributed by atoms with E-state index in [1.165, 1.54) is 0 Å². The first-order chi connectivity index (χ1) is 8.84. The smallest absolute Gasteiger partial charge is 0.161 e. The third-order valence-corrected chi connectivity index (χ3v) is 2.89. The molecule has 0 saturated heterocycles. The molecule has 1 atom stereocenters. The highest BCUT2D eigenvalue weighted by atomic mass is 16.6. The molecule has 0 saturated carbocycles. The summed E-state index contributed by atoms with van der Waals surface area (Å²) in [6.45, 7) is 1.16. The molecule has 0 aliphatic carbocycles. The minimum absolute atomic E-state index is 0.240. The summed E-state index contributed by atoms with van der Waals surface area (Å²) < 4.78 is 11.0. The molecule has 1 aromatic heterocycles. The summed E-state index contributed by atoms with van der Waals surface area (Å²) in [5.74, 6) is 1.52. The van der Waals surface area contributed by atoms with E-state index in [1.807, 2.05) is 24.3 Å². The van der Waals surface area contributed by atoms with Crippen LogP contribution in [0.1, 0.15) is 17.2 Å². The van der Waals surface area contributed by atoms with Crippen molar-refractivity contribution in [3.63, 3.8) is 0 Å². The Morgan fingerprint density at radius 3 is 2.61 bits per heavy atom. The Kier molecular flexibility index (Phi) is 2.82. The Balaban J connectivity index is 1.93. The number of benzene rings is 1. The Bertz CT molecular complexity index is 545. The second kappa shape index (κ2) is 4.62. The minimum Gasteiger partial charge on any atom is -0.486 e. The van der Waals surface area contributed by atoms with Crippen LogP contribution in [0.2, 0.25) is 0 Å². The predicted molar refractivity (Wildman–Crippen MR) is 65.5 cm³/mol. The van der Waals surface area contributed by atoms with E-state index in [0.29, 0.717) is 13.2 Å². The molecule has 0 bridgehead atoms. The predicted octanol–water partition coefficient (Wildman–Crippen LogP) is 1.30. The lowest BCUT2D eigenvalue weighted by Crippen LogP contribution is -2.17. The summed E-state index contributed by atoms with van der Waals surface area (Å²) in [6, 6.07) is 7.36. The zero-order valence-corrected chi connectivity index (χ0v) is 9.74. The molecule has 3 rings (SSSR count). The molecule has 2 aromatic rings. The van der Waals surface area contributed by atoms with Gasteiger partial charge in [-0.2, -0.15) is 10.2 Å². The fourth-order valence-corrected chi connectivity index (χ4v) is 1.93. The van der Waals surface area contributed by atoms with E-state index in [0.717, 1.165) is 22.6 Å². The molecule has 18 heavy (non-hydrogen) atoms. The van der Waals surface area contributed by atoms with Crippen molar-refractivity contribution in [2.45, 2.75) is 6.04 Å². The van der Waals surface area contributed by atoms with Gasteiger partial charge in [-0.15, -0.1) is 0 Å². The number of hydrogen-bond acceptors (Lipinski definition) is 5. The Morgan fingerprint density at radius 2 is 1.83 bits per heavy atom. The Morgan fingerprint density at radius 1 is 1.00 bits per heavy atom. The molecular formula is C13H13N3O2. The van der Waals surface area contributed by atoms with E-state index >= 15 is 0 Å². The molecule has 2 heterocycles. The molecule has 1 aliphatic heterocycles. The van der Waals surface area contributed by atoms with E-state index < -0.39 is 0 Å². The van der Waals surface area contributed by atoms with Gasteiger partial charge in [0.25, 0.3) is 0 Å². The number of nitrogens with zero attached hydrogens (tertiary/aromatic N) is 2. The molecule has 1 aromatic carbocycles. The van der Waals surface area contributed by atoms with Crippen LogP contribution in [0.25, 0.3) is 0 Å². The van der Waals surface area contributed by atoms with Crippen molar-refractivity contribution >= 4 is 0 Å². The van der Waals surface area contributed by atoms with Crippen LogP contribution in [-0.4, -0.2) is 23.4 Å². The summed E-state index contributed by atoms with van der Waals surface area (Å²) in [5, 5.41) is 7.57. The van der Waals surface area contributed by atoms with Gasteiger partial charge in [-0.25, -0.2) is 0 Å². The first-order valence-electron chi connectivity index (χ1n) is 5.76. The third-order valence-electron chi connectivity index (χ3n) is 2.89. The van der Waals surface area contributed by atoms with Crippen molar-refractivity contribution < 1.29 is 9.47 Å². The van der Waals surface area contributed by atoms with Gasteiger partial charge >= 0.3 is 0 Å². The van der Waals surface area contributed by atoms with Crippen LogP contribution in [0.4, 0.5) is 0 Å². The van der Waals surface area contributed by atoms with Gasteiger partial charge in [0.1, 0.15) is 13.2 Å². The van der Waals surface area contributed by atoms with Crippen molar-refractivity contribution in [2.24, 2.45) is 5.73 Å². The molecule has 92 valence electrons. The minimum atomic E-state index is -0.240. The normalized spacial score (nSPS) is 15.2. The molecule has 0 spiro atoms. The monoisotopic (exact) mass is 243 g/mol. The van der Waals surface area contributed by atoms with Gasteiger partial charge in [-0.3, -0.25) is 0 Å². The van der Waals surface area contributed by atoms with Crippen molar-refractivity contribution in [1.82, 2.24) is 10.2 Å². The summed E-state index contributed by atoms with van der Waals surface area (Å²) in [4.78, 5) is 0. The second-order valence-electron chi connectivity index (χ2n) is 4.06. The van der Waals surface area contributed by atoms with E-state index in [2.05, 4.69) is 10.2 Å². The molecule has 1 aliphatic rings. The first-order valence-corrected chi connectivity index (χ1v) is 5.76. The summed E-state index contributed by atoms with van der Waals surface area (Å²) in [5.41, 5.74) is 8.07. The van der Waals surface area contributed by atoms with Crippen LogP contribution in [0.3, 0.4) is 0 Å². The molecule has 5 nitrogen and oxygen atoms in total. The molecule has 1 unspecified atom stereocenters. The van der Waals surface area contributed by atoms with Gasteiger partial charge in [0.2, 0.25) is 0 Å². The molecule has 5 heteroatoms. The summed E-state index contributed by atoms with van der Waals surface area (Å²) in [7, 11) is 0. The van der Waals surface area contributed by atoms with Crippen molar-refractivity contribution in [3.8, 4) is 11.5 Å². The number of ether oxygens (including phenoxy) is 2. The lowest BCUT2D eigenvalue weighted by atomic mass is 10.0. The maximum Gasteiger partial charge on any atom is 0.161 e. The van der Waals surface area contributed by atoms with Crippen LogP contribution in [0.5, 0.6) is 11.5 Å². The maximum atomic E-state index is 6.19. The van der Waals surface area contributed by atoms with Gasteiger partial charge in [-0.05, 0) is 29.3 Å². The van der Waals surface area contributed by atoms with Crippen LogP contribution in [-0.2, 0) is 0 Å². The lowest BCUT2D eigenvalue weighted by Gasteiger charge is -2.20. The molecule has 0 fully saturated rings. The van der Waals surface area contributed by atoms with E-state index in [4.69, 9.17) is 15.2 Å². The van der Waals surface area contributed by atoms with Crippen LogP contribution < -0.4 is 15.2 Å². The number of nitrogens with two attached hydrogens (primary N) is 1. The van der Waals surface area contributed by atoms with Crippen LogP contribution >= 0.6 is 0 Å². The standard InChI is InChI=1S/C13H13N3O2/c14-13(10-3-4-15-16-8-10)9-1-2-11-12(7-9)18-6-5-17-11/h1-4,7-8,13H,5-6,14H2. The van der Waals surface area contributed by atoms with Crippen molar-refractivity contribution in [1.29, 1.82) is 0 Å². The summed E-state index contributed by atoms with van der Waals surface area (Å²) >= 11 is 0. The van der Waals surface area contributed by atoms with E-state index in [-0.39, 0.29) is 6.04 Å². The number of hydrogen-bond donors (Lipinski definition) is 1. The van der Waals surface area contributed by atoms with Crippen LogP contribution in [0.15, 0.2) is 36.7 Å². The SMILES string of the molecule is NC(c1ccnnc1)c1ccc2c(c1)OCCO2. The molecule has 0 amide bonds. The van der Waals surface area contributed by atoms with E-state index in [9.17, 15) is 0 Å². The third kappa shape index (κ3) is 2.00. The fourth-order valence-electron chi connectivity index (χ4n) is 1.93. The van der Waals surface area contributed by atoms with Gasteiger partial charge in [0, 0.05) is 6.20 Å². The zero-order chi connectivity index (χ0) is 12.4. The topological polar surface area (TPSA) is 70.3 Å². The lowest BCUT2D eigenvalue weighted by molar-refractivity contribution is 0.171. The average molecular weight is 243 g/mol. The van der Waals surface area contributed by atoms with Gasteiger partial charge < -0.3 is 15.2 Å². The molecule has 0 radical (unpaired) electrons. The maximum absolute atomic E-state index is 6.19. The van der Waals surface area contributed by atoms with Gasteiger partial charge in [-0.1, -0.05) is 6.07 Å². The Hall–Kier alpha value is -2.14. The second-order valence-corrected chi connectivity index (χ2v) is 4.06. The fraction of sp³-hybridized carbons (Fsp3) is 0.231. The first kappa shape index (κ1) is 11.0. The highest BCUT2D eigenvalue weighted by molar-refractivity contribution is 5.46. The van der Waals surface area contributed by atoms with Crippen molar-refractivity contribution in [2.75, 3.05) is 13.2 Å². The van der Waals surface area contributed by atoms with Crippen molar-refractivity contribution in [3.05, 3.63) is 47.8 Å². The van der Waals surface area contributed by atoms with Gasteiger partial charge in [0.05, 0.1) is 12.2 Å². The highest BCUT2D eigenvalue weighted by Gasteiger charge is 2.15. The molecule has 2 N–H and O–H groups in total. The Labute approximate surface area is 105 Å². The molecular weight excluding hydrogens is 230 g/mol. The zero-order valence-electron chi connectivity index (χ0n) is 9.74. The average Bonchev–Trinajstić information content (AvgIpc) is 2.47. The summed E-state index contributed by atoms with van der Waals surface area (Å²) in [6.07, 6.45) is 3.30. The number of rotatable bonds is 2. The number of aromatic nitrogens is 2. The van der Waals surface area contributed by atoms with Gasteiger partial charge in [0.15, 0.2) is 11.5 Å². The number of fused-ring (bicyclic) bond motifs is 1. The quantitative estimate of drug-likeness (QED) is 0.860. The van der Waals surface area contributed by atoms with Crippen LogP contribution in [0, 0.1) is 0 Å².